The third-order valence-corrected chi connectivity index (χ3v) is 5.84. The molecule has 0 radical (unpaired) electrons. The first kappa shape index (κ1) is 17.3. The van der Waals surface area contributed by atoms with Crippen molar-refractivity contribution < 1.29 is 4.79 Å². The molecule has 0 spiro atoms. The summed E-state index contributed by atoms with van der Waals surface area (Å²) in [5.41, 5.74) is 4.30. The van der Waals surface area contributed by atoms with Crippen LogP contribution in [0.15, 0.2) is 30.3 Å². The van der Waals surface area contributed by atoms with Gasteiger partial charge < -0.3 is 10.2 Å². The molecule has 4 rings (SSSR count). The lowest BCUT2D eigenvalue weighted by Crippen LogP contribution is -2.38. The van der Waals surface area contributed by atoms with E-state index >= 15 is 0 Å². The number of hydrogen-bond donors (Lipinski definition) is 1. The largest absolute Gasteiger partial charge is 0.350 e. The SMILES string of the molecule is Cn1nc(C(=O)NCCc2ccccc2)c2c1CCC(N1CCCC1)C2. The summed E-state index contributed by atoms with van der Waals surface area (Å²) in [7, 11) is 1.97. The van der Waals surface area contributed by atoms with E-state index in [2.05, 4.69) is 27.4 Å². The molecular weight excluding hydrogens is 324 g/mol. The van der Waals surface area contributed by atoms with E-state index in [0.29, 0.717) is 18.3 Å². The lowest BCUT2D eigenvalue weighted by molar-refractivity contribution is 0.0947. The number of nitrogens with zero attached hydrogens (tertiary/aromatic N) is 3. The fourth-order valence-electron chi connectivity index (χ4n) is 4.42. The van der Waals surface area contributed by atoms with Crippen molar-refractivity contribution in [2.24, 2.45) is 7.05 Å². The number of rotatable bonds is 5. The summed E-state index contributed by atoms with van der Waals surface area (Å²) in [5, 5.41) is 7.63. The van der Waals surface area contributed by atoms with Crippen molar-refractivity contribution in [3.63, 3.8) is 0 Å². The van der Waals surface area contributed by atoms with Gasteiger partial charge >= 0.3 is 0 Å². The molecule has 5 nitrogen and oxygen atoms in total. The fraction of sp³-hybridized carbons (Fsp3) is 0.524. The number of fused-ring (bicyclic) bond motifs is 1. The maximum atomic E-state index is 12.7. The molecule has 1 aromatic carbocycles. The molecule has 1 aliphatic heterocycles. The highest BCUT2D eigenvalue weighted by Crippen LogP contribution is 2.28. The van der Waals surface area contributed by atoms with Crippen LogP contribution in [0.2, 0.25) is 0 Å². The van der Waals surface area contributed by atoms with Crippen LogP contribution in [0.4, 0.5) is 0 Å². The Balaban J connectivity index is 1.42. The average Bonchev–Trinajstić information content (AvgIpc) is 3.31. The summed E-state index contributed by atoms with van der Waals surface area (Å²) in [6.45, 7) is 3.06. The minimum atomic E-state index is -0.0279. The summed E-state index contributed by atoms with van der Waals surface area (Å²) in [4.78, 5) is 15.4. The fourth-order valence-corrected chi connectivity index (χ4v) is 4.42. The van der Waals surface area contributed by atoms with Crippen molar-refractivity contribution in [2.45, 2.75) is 44.6 Å². The van der Waals surface area contributed by atoms with E-state index in [9.17, 15) is 4.79 Å². The van der Waals surface area contributed by atoms with Gasteiger partial charge in [0.15, 0.2) is 5.69 Å². The van der Waals surface area contributed by atoms with Gasteiger partial charge in [0, 0.05) is 30.9 Å². The molecule has 2 heterocycles. The molecule has 1 saturated heterocycles. The quantitative estimate of drug-likeness (QED) is 0.899. The second-order valence-corrected chi connectivity index (χ2v) is 7.53. The Morgan fingerprint density at radius 3 is 2.77 bits per heavy atom. The molecule has 1 N–H and O–H groups in total. The van der Waals surface area contributed by atoms with E-state index in [4.69, 9.17) is 0 Å². The summed E-state index contributed by atoms with van der Waals surface area (Å²) in [6.07, 6.45) is 6.63. The number of carbonyl (C=O) groups excluding carboxylic acids is 1. The Labute approximate surface area is 155 Å². The van der Waals surface area contributed by atoms with Crippen molar-refractivity contribution in [1.29, 1.82) is 0 Å². The van der Waals surface area contributed by atoms with Gasteiger partial charge in [0.25, 0.3) is 5.91 Å². The lowest BCUT2D eigenvalue weighted by Gasteiger charge is -2.31. The van der Waals surface area contributed by atoms with Gasteiger partial charge in [-0.2, -0.15) is 5.10 Å². The van der Waals surface area contributed by atoms with Crippen molar-refractivity contribution >= 4 is 5.91 Å². The highest BCUT2D eigenvalue weighted by Gasteiger charge is 2.31. The van der Waals surface area contributed by atoms with Gasteiger partial charge in [-0.25, -0.2) is 0 Å². The molecule has 1 unspecified atom stereocenters. The molecule has 0 saturated carbocycles. The first-order chi connectivity index (χ1) is 12.7. The Morgan fingerprint density at radius 2 is 2.00 bits per heavy atom. The smallest absolute Gasteiger partial charge is 0.272 e. The molecule has 1 fully saturated rings. The monoisotopic (exact) mass is 352 g/mol. The number of hydrogen-bond acceptors (Lipinski definition) is 3. The zero-order chi connectivity index (χ0) is 17.9. The first-order valence-electron chi connectivity index (χ1n) is 9.83. The van der Waals surface area contributed by atoms with Crippen LogP contribution in [0.25, 0.3) is 0 Å². The van der Waals surface area contributed by atoms with Gasteiger partial charge in [-0.15, -0.1) is 0 Å². The van der Waals surface area contributed by atoms with E-state index in [1.807, 2.05) is 29.9 Å². The zero-order valence-electron chi connectivity index (χ0n) is 15.6. The number of nitrogens with one attached hydrogen (secondary N) is 1. The topological polar surface area (TPSA) is 50.2 Å². The maximum absolute atomic E-state index is 12.7. The number of benzene rings is 1. The van der Waals surface area contributed by atoms with Crippen molar-refractivity contribution in [3.8, 4) is 0 Å². The van der Waals surface area contributed by atoms with E-state index < -0.39 is 0 Å². The highest BCUT2D eigenvalue weighted by atomic mass is 16.1. The second kappa shape index (κ2) is 7.62. The van der Waals surface area contributed by atoms with Gasteiger partial charge in [-0.1, -0.05) is 30.3 Å². The first-order valence-corrected chi connectivity index (χ1v) is 9.83. The van der Waals surface area contributed by atoms with Gasteiger partial charge in [-0.3, -0.25) is 9.48 Å². The molecule has 1 amide bonds. The Bertz CT molecular complexity index is 762. The third-order valence-electron chi connectivity index (χ3n) is 5.84. The second-order valence-electron chi connectivity index (χ2n) is 7.53. The molecule has 1 aliphatic carbocycles. The Hall–Kier alpha value is -2.14. The zero-order valence-corrected chi connectivity index (χ0v) is 15.6. The molecule has 138 valence electrons. The van der Waals surface area contributed by atoms with E-state index in [-0.39, 0.29) is 5.91 Å². The van der Waals surface area contributed by atoms with Crippen LogP contribution in [0.5, 0.6) is 0 Å². The van der Waals surface area contributed by atoms with Crippen LogP contribution < -0.4 is 5.32 Å². The van der Waals surface area contributed by atoms with Crippen molar-refractivity contribution in [2.75, 3.05) is 19.6 Å². The molecule has 0 bridgehead atoms. The standard InChI is InChI=1S/C21H28N4O/c1-24-19-10-9-17(25-13-5-6-14-25)15-18(19)20(23-24)21(26)22-12-11-16-7-3-2-4-8-16/h2-4,7-8,17H,5-6,9-15H2,1H3,(H,22,26). The highest BCUT2D eigenvalue weighted by molar-refractivity contribution is 5.94. The number of likely N-dealkylation sites (tertiary alicyclic amines) is 1. The van der Waals surface area contributed by atoms with Crippen molar-refractivity contribution in [1.82, 2.24) is 20.0 Å². The summed E-state index contributed by atoms with van der Waals surface area (Å²) in [5.74, 6) is -0.0279. The predicted molar refractivity (Wildman–Crippen MR) is 102 cm³/mol. The van der Waals surface area contributed by atoms with Crippen LogP contribution in [-0.2, 0) is 26.3 Å². The summed E-state index contributed by atoms with van der Waals surface area (Å²) >= 11 is 0. The maximum Gasteiger partial charge on any atom is 0.272 e. The summed E-state index contributed by atoms with van der Waals surface area (Å²) < 4.78 is 1.92. The normalized spacial score (nSPS) is 20.1. The van der Waals surface area contributed by atoms with Crippen LogP contribution >= 0.6 is 0 Å². The van der Waals surface area contributed by atoms with E-state index in [1.54, 1.807) is 0 Å². The molecular formula is C21H28N4O. The molecule has 2 aromatic rings. The molecule has 1 atom stereocenters. The van der Waals surface area contributed by atoms with Crippen LogP contribution in [0, 0.1) is 0 Å². The van der Waals surface area contributed by atoms with E-state index in [1.165, 1.54) is 49.2 Å². The minimum Gasteiger partial charge on any atom is -0.350 e. The Morgan fingerprint density at radius 1 is 1.23 bits per heavy atom. The third kappa shape index (κ3) is 3.54. The molecule has 1 aromatic heterocycles. The van der Waals surface area contributed by atoms with E-state index in [0.717, 1.165) is 19.3 Å². The van der Waals surface area contributed by atoms with Gasteiger partial charge in [-0.05, 0) is 57.2 Å². The number of amides is 1. The summed E-state index contributed by atoms with van der Waals surface area (Å²) in [6, 6.07) is 10.8. The van der Waals surface area contributed by atoms with Gasteiger partial charge in [0.1, 0.15) is 0 Å². The van der Waals surface area contributed by atoms with Crippen molar-refractivity contribution in [3.05, 3.63) is 52.8 Å². The van der Waals surface area contributed by atoms with Gasteiger partial charge in [0.2, 0.25) is 0 Å². The van der Waals surface area contributed by atoms with Crippen LogP contribution in [0.3, 0.4) is 0 Å². The number of aryl methyl sites for hydroxylation is 1. The molecule has 5 heteroatoms. The number of carbonyl (C=O) groups is 1. The molecule has 26 heavy (non-hydrogen) atoms. The van der Waals surface area contributed by atoms with Gasteiger partial charge in [0.05, 0.1) is 0 Å². The lowest BCUT2D eigenvalue weighted by atomic mass is 9.90. The Kier molecular flexibility index (Phi) is 5.07. The average molecular weight is 352 g/mol. The number of aromatic nitrogens is 2. The van der Waals surface area contributed by atoms with Crippen LogP contribution in [-0.4, -0.2) is 46.3 Å². The predicted octanol–water partition coefficient (Wildman–Crippen LogP) is 2.35. The van der Waals surface area contributed by atoms with Crippen LogP contribution in [0.1, 0.15) is 46.6 Å². The molecule has 2 aliphatic rings. The minimum absolute atomic E-state index is 0.0279.